The van der Waals surface area contributed by atoms with Crippen LogP contribution in [0.1, 0.15) is 26.7 Å². The van der Waals surface area contributed by atoms with Gasteiger partial charge in [-0.05, 0) is 18.3 Å². The van der Waals surface area contributed by atoms with Crippen LogP contribution >= 0.6 is 0 Å². The molecule has 1 aliphatic rings. The Morgan fingerprint density at radius 3 is 2.80 bits per heavy atom. The van der Waals surface area contributed by atoms with Crippen molar-refractivity contribution < 1.29 is 0 Å². The average Bonchev–Trinajstić information content (AvgIpc) is 1.96. The topological polar surface area (TPSA) is 35.9 Å². The van der Waals surface area contributed by atoms with E-state index in [1.807, 2.05) is 0 Å². The first-order valence-electron chi connectivity index (χ1n) is 4.01. The maximum absolute atomic E-state index is 7.44. The van der Waals surface area contributed by atoms with Crippen LogP contribution in [-0.2, 0) is 0 Å². The first kappa shape index (κ1) is 7.58. The van der Waals surface area contributed by atoms with Crippen molar-refractivity contribution in [1.29, 1.82) is 5.41 Å². The van der Waals surface area contributed by atoms with Crippen LogP contribution in [0.4, 0.5) is 0 Å². The summed E-state index contributed by atoms with van der Waals surface area (Å²) in [7, 11) is 0. The fraction of sp³-hybridized carbons (Fsp3) is 0.875. The Hall–Kier alpha value is -0.530. The molecular weight excluding hydrogens is 124 g/mol. The quantitative estimate of drug-likeness (QED) is 0.527. The minimum atomic E-state index is 0.683. The van der Waals surface area contributed by atoms with Gasteiger partial charge >= 0.3 is 0 Å². The van der Waals surface area contributed by atoms with Gasteiger partial charge < -0.3 is 5.32 Å². The number of nitrogens with one attached hydrogen (secondary N) is 2. The molecule has 2 heteroatoms. The van der Waals surface area contributed by atoms with E-state index >= 15 is 0 Å². The monoisotopic (exact) mass is 140 g/mol. The molecule has 0 spiro atoms. The zero-order chi connectivity index (χ0) is 7.56. The van der Waals surface area contributed by atoms with Crippen molar-refractivity contribution in [2.75, 3.05) is 6.54 Å². The molecule has 0 bridgehead atoms. The summed E-state index contributed by atoms with van der Waals surface area (Å²) in [5.74, 6) is 2.18. The van der Waals surface area contributed by atoms with Gasteiger partial charge in [0.05, 0.1) is 5.84 Å². The summed E-state index contributed by atoms with van der Waals surface area (Å²) in [6.07, 6.45) is 2.14. The summed E-state index contributed by atoms with van der Waals surface area (Å²) in [5.41, 5.74) is 0. The van der Waals surface area contributed by atoms with Crippen molar-refractivity contribution in [3.05, 3.63) is 0 Å². The molecule has 0 amide bonds. The zero-order valence-electron chi connectivity index (χ0n) is 6.78. The maximum Gasteiger partial charge on any atom is 0.0934 e. The highest BCUT2D eigenvalue weighted by molar-refractivity contribution is 5.79. The molecule has 1 heterocycles. The minimum absolute atomic E-state index is 0.683. The average molecular weight is 140 g/mol. The standard InChI is InChI=1S/C8H16N2/c1-6-3-4-10-8(9)5-7(6)2/h6-7H,3-5H2,1-2H3,(H2,9,10). The maximum atomic E-state index is 7.44. The highest BCUT2D eigenvalue weighted by Crippen LogP contribution is 2.19. The third kappa shape index (κ3) is 1.72. The molecule has 1 saturated heterocycles. The van der Waals surface area contributed by atoms with Crippen molar-refractivity contribution in [2.45, 2.75) is 26.7 Å². The van der Waals surface area contributed by atoms with Crippen LogP contribution in [0.2, 0.25) is 0 Å². The fourth-order valence-electron chi connectivity index (χ4n) is 1.33. The van der Waals surface area contributed by atoms with Crippen molar-refractivity contribution in [1.82, 2.24) is 5.32 Å². The lowest BCUT2D eigenvalue weighted by Crippen LogP contribution is -2.21. The van der Waals surface area contributed by atoms with E-state index in [1.165, 1.54) is 6.42 Å². The van der Waals surface area contributed by atoms with Gasteiger partial charge in [0.25, 0.3) is 0 Å². The predicted molar refractivity (Wildman–Crippen MR) is 43.3 cm³/mol. The zero-order valence-corrected chi connectivity index (χ0v) is 6.78. The second kappa shape index (κ2) is 3.04. The molecule has 2 unspecified atom stereocenters. The molecule has 2 nitrogen and oxygen atoms in total. The summed E-state index contributed by atoms with van der Waals surface area (Å²) >= 11 is 0. The highest BCUT2D eigenvalue weighted by atomic mass is 14.9. The Bertz CT molecular complexity index is 131. The number of hydrogen-bond acceptors (Lipinski definition) is 1. The third-order valence-electron chi connectivity index (χ3n) is 2.44. The molecule has 1 aliphatic heterocycles. The molecular formula is C8H16N2. The molecule has 2 N–H and O–H groups in total. The van der Waals surface area contributed by atoms with Crippen LogP contribution < -0.4 is 5.32 Å². The van der Waals surface area contributed by atoms with Gasteiger partial charge in [0, 0.05) is 13.0 Å². The van der Waals surface area contributed by atoms with E-state index < -0.39 is 0 Å². The molecule has 2 atom stereocenters. The molecule has 0 aromatic carbocycles. The highest BCUT2D eigenvalue weighted by Gasteiger charge is 2.17. The Kier molecular flexibility index (Phi) is 2.30. The van der Waals surface area contributed by atoms with E-state index in [9.17, 15) is 0 Å². The molecule has 0 aromatic rings. The van der Waals surface area contributed by atoms with Crippen LogP contribution in [0, 0.1) is 17.2 Å². The Morgan fingerprint density at radius 1 is 1.40 bits per heavy atom. The molecule has 0 saturated carbocycles. The Balaban J connectivity index is 2.49. The van der Waals surface area contributed by atoms with Gasteiger partial charge in [-0.25, -0.2) is 0 Å². The third-order valence-corrected chi connectivity index (χ3v) is 2.44. The van der Waals surface area contributed by atoms with Gasteiger partial charge in [-0.2, -0.15) is 0 Å². The van der Waals surface area contributed by atoms with E-state index in [4.69, 9.17) is 5.41 Å². The lowest BCUT2D eigenvalue weighted by atomic mass is 9.91. The largest absolute Gasteiger partial charge is 0.374 e. The van der Waals surface area contributed by atoms with Gasteiger partial charge in [0.15, 0.2) is 0 Å². The van der Waals surface area contributed by atoms with E-state index in [0.717, 1.165) is 24.7 Å². The summed E-state index contributed by atoms with van der Waals surface area (Å²) in [4.78, 5) is 0. The smallest absolute Gasteiger partial charge is 0.0934 e. The van der Waals surface area contributed by atoms with Crippen LogP contribution in [0.15, 0.2) is 0 Å². The van der Waals surface area contributed by atoms with Crippen LogP contribution in [0.25, 0.3) is 0 Å². The van der Waals surface area contributed by atoms with E-state index in [2.05, 4.69) is 19.2 Å². The minimum Gasteiger partial charge on any atom is -0.374 e. The summed E-state index contributed by atoms with van der Waals surface area (Å²) < 4.78 is 0. The van der Waals surface area contributed by atoms with Crippen LogP contribution in [0.3, 0.4) is 0 Å². The molecule has 0 aromatic heterocycles. The fourth-order valence-corrected chi connectivity index (χ4v) is 1.33. The van der Waals surface area contributed by atoms with Gasteiger partial charge in [-0.3, -0.25) is 5.41 Å². The van der Waals surface area contributed by atoms with Crippen LogP contribution in [0.5, 0.6) is 0 Å². The van der Waals surface area contributed by atoms with Crippen molar-refractivity contribution >= 4 is 5.84 Å². The Morgan fingerprint density at radius 2 is 2.10 bits per heavy atom. The van der Waals surface area contributed by atoms with Crippen LogP contribution in [-0.4, -0.2) is 12.4 Å². The van der Waals surface area contributed by atoms with Gasteiger partial charge in [-0.1, -0.05) is 13.8 Å². The van der Waals surface area contributed by atoms with E-state index in [1.54, 1.807) is 0 Å². The van der Waals surface area contributed by atoms with Gasteiger partial charge in [-0.15, -0.1) is 0 Å². The Labute approximate surface area is 62.5 Å². The lowest BCUT2D eigenvalue weighted by Gasteiger charge is -2.13. The molecule has 58 valence electrons. The van der Waals surface area contributed by atoms with Gasteiger partial charge in [0.2, 0.25) is 0 Å². The number of hydrogen-bond donors (Lipinski definition) is 2. The first-order chi connectivity index (χ1) is 4.70. The number of rotatable bonds is 0. The van der Waals surface area contributed by atoms with Crippen molar-refractivity contribution in [2.24, 2.45) is 11.8 Å². The molecule has 10 heavy (non-hydrogen) atoms. The molecule has 1 fully saturated rings. The number of amidine groups is 1. The summed E-state index contributed by atoms with van der Waals surface area (Å²) in [6.45, 7) is 5.49. The first-order valence-corrected chi connectivity index (χ1v) is 4.01. The second-order valence-electron chi connectivity index (χ2n) is 3.35. The summed E-state index contributed by atoms with van der Waals surface area (Å²) in [6, 6.07) is 0. The molecule has 0 radical (unpaired) electrons. The van der Waals surface area contributed by atoms with E-state index in [0.29, 0.717) is 5.92 Å². The lowest BCUT2D eigenvalue weighted by molar-refractivity contribution is 0.390. The second-order valence-corrected chi connectivity index (χ2v) is 3.35. The normalized spacial score (nSPS) is 34.8. The van der Waals surface area contributed by atoms with Gasteiger partial charge in [0.1, 0.15) is 0 Å². The molecule has 1 rings (SSSR count). The van der Waals surface area contributed by atoms with Crippen molar-refractivity contribution in [3.8, 4) is 0 Å². The van der Waals surface area contributed by atoms with Crippen molar-refractivity contribution in [3.63, 3.8) is 0 Å². The SMILES string of the molecule is CC1CCNC(=N)CC1C. The molecule has 0 aliphatic carbocycles. The van der Waals surface area contributed by atoms with E-state index in [-0.39, 0.29) is 0 Å². The predicted octanol–water partition coefficient (Wildman–Crippen LogP) is 1.62. The summed E-state index contributed by atoms with van der Waals surface area (Å²) in [5, 5.41) is 10.5.